The molecule has 2 N–H and O–H groups in total. The van der Waals surface area contributed by atoms with E-state index in [0.717, 1.165) is 31.0 Å². The van der Waals surface area contributed by atoms with Crippen molar-refractivity contribution in [3.05, 3.63) is 53.3 Å². The molecule has 0 amide bonds. The first-order valence-electron chi connectivity index (χ1n) is 9.29. The second-order valence-electron chi connectivity index (χ2n) is 7.23. The molecule has 6 nitrogen and oxygen atoms in total. The number of rotatable bonds is 4. The first-order chi connectivity index (χ1) is 12.8. The van der Waals surface area contributed by atoms with Gasteiger partial charge in [0.05, 0.1) is 0 Å². The lowest BCUT2D eigenvalue weighted by Crippen LogP contribution is -2.25. The van der Waals surface area contributed by atoms with Crippen molar-refractivity contribution in [3.63, 3.8) is 0 Å². The third-order valence-electron chi connectivity index (χ3n) is 5.13. The minimum absolute atomic E-state index is 0.579. The molecule has 1 fully saturated rings. The molecule has 0 saturated heterocycles. The van der Waals surface area contributed by atoms with Crippen molar-refractivity contribution in [2.45, 2.75) is 38.5 Å². The van der Waals surface area contributed by atoms with E-state index in [2.05, 4.69) is 56.6 Å². The fourth-order valence-electron chi connectivity index (χ4n) is 3.64. The summed E-state index contributed by atoms with van der Waals surface area (Å²) in [5.74, 6) is 2.93. The van der Waals surface area contributed by atoms with Gasteiger partial charge in [0, 0.05) is 36.1 Å². The van der Waals surface area contributed by atoms with Crippen LogP contribution in [0.1, 0.15) is 42.0 Å². The molecule has 1 aromatic carbocycles. The number of hydrogen-bond donors (Lipinski definition) is 2. The third kappa shape index (κ3) is 2.92. The number of benzene rings is 1. The molecular formula is C20H22N6. The van der Waals surface area contributed by atoms with Crippen LogP contribution in [-0.4, -0.2) is 26.7 Å². The van der Waals surface area contributed by atoms with E-state index in [0.29, 0.717) is 11.9 Å². The van der Waals surface area contributed by atoms with Gasteiger partial charge < -0.3 is 10.2 Å². The molecule has 6 heteroatoms. The minimum Gasteiger partial charge on any atom is -0.326 e. The van der Waals surface area contributed by atoms with Crippen molar-refractivity contribution < 1.29 is 0 Å². The standard InChI is InChI=1S/C20H22N6/c1-13-4-7-17-15(11-13)3-2-10-26(17)19-8-9-21-20(23-19)22-18-12-16(24-25-18)14-5-6-14/h4,7-9,11-12,14H,2-3,5-6,10H2,1H3,(H2,21,22,23,24,25). The zero-order chi connectivity index (χ0) is 17.5. The first-order valence-corrected chi connectivity index (χ1v) is 9.29. The summed E-state index contributed by atoms with van der Waals surface area (Å²) in [7, 11) is 0. The van der Waals surface area contributed by atoms with E-state index < -0.39 is 0 Å². The van der Waals surface area contributed by atoms with Crippen LogP contribution in [-0.2, 0) is 6.42 Å². The molecule has 5 rings (SSSR count). The average molecular weight is 346 g/mol. The molecule has 26 heavy (non-hydrogen) atoms. The van der Waals surface area contributed by atoms with Crippen molar-refractivity contribution in [2.24, 2.45) is 0 Å². The van der Waals surface area contributed by atoms with E-state index in [1.165, 1.54) is 35.3 Å². The van der Waals surface area contributed by atoms with E-state index in [1.54, 1.807) is 0 Å². The maximum atomic E-state index is 4.73. The van der Waals surface area contributed by atoms with Crippen LogP contribution in [0.3, 0.4) is 0 Å². The lowest BCUT2D eigenvalue weighted by molar-refractivity contribution is 0.758. The Kier molecular flexibility index (Phi) is 3.62. The first kappa shape index (κ1) is 15.4. The fourth-order valence-corrected chi connectivity index (χ4v) is 3.64. The molecule has 1 saturated carbocycles. The number of hydrogen-bond acceptors (Lipinski definition) is 5. The quantitative estimate of drug-likeness (QED) is 0.740. The van der Waals surface area contributed by atoms with Crippen molar-refractivity contribution in [1.29, 1.82) is 0 Å². The summed E-state index contributed by atoms with van der Waals surface area (Å²) in [5, 5.41) is 10.7. The molecule has 1 aliphatic carbocycles. The Balaban J connectivity index is 1.41. The van der Waals surface area contributed by atoms with Crippen LogP contribution in [0.25, 0.3) is 0 Å². The van der Waals surface area contributed by atoms with E-state index >= 15 is 0 Å². The molecule has 1 aliphatic heterocycles. The Hall–Kier alpha value is -2.89. The van der Waals surface area contributed by atoms with Gasteiger partial charge in [0.25, 0.3) is 0 Å². The van der Waals surface area contributed by atoms with Crippen LogP contribution >= 0.6 is 0 Å². The topological polar surface area (TPSA) is 69.7 Å². The molecule has 2 aliphatic rings. The summed E-state index contributed by atoms with van der Waals surface area (Å²) in [6, 6.07) is 10.7. The summed E-state index contributed by atoms with van der Waals surface area (Å²) in [6.07, 6.45) is 6.57. The van der Waals surface area contributed by atoms with E-state index in [1.807, 2.05) is 12.3 Å². The van der Waals surface area contributed by atoms with Crippen molar-refractivity contribution in [1.82, 2.24) is 20.2 Å². The monoisotopic (exact) mass is 346 g/mol. The lowest BCUT2D eigenvalue weighted by atomic mass is 9.99. The van der Waals surface area contributed by atoms with Crippen molar-refractivity contribution in [2.75, 3.05) is 16.8 Å². The number of H-pyrrole nitrogens is 1. The number of aromatic nitrogens is 4. The largest absolute Gasteiger partial charge is 0.326 e. The van der Waals surface area contributed by atoms with Gasteiger partial charge >= 0.3 is 0 Å². The Bertz CT molecular complexity index is 943. The molecular weight excluding hydrogens is 324 g/mol. The predicted octanol–water partition coefficient (Wildman–Crippen LogP) is 4.21. The van der Waals surface area contributed by atoms with Crippen LogP contribution in [0.2, 0.25) is 0 Å². The van der Waals surface area contributed by atoms with Crippen molar-refractivity contribution in [3.8, 4) is 0 Å². The summed E-state index contributed by atoms with van der Waals surface area (Å²) in [5.41, 5.74) is 5.15. The van der Waals surface area contributed by atoms with Crippen molar-refractivity contribution >= 4 is 23.3 Å². The highest BCUT2D eigenvalue weighted by atomic mass is 15.3. The molecule has 132 valence electrons. The number of aromatic amines is 1. The molecule has 3 aromatic rings. The lowest BCUT2D eigenvalue weighted by Gasteiger charge is -2.30. The van der Waals surface area contributed by atoms with Gasteiger partial charge in [-0.3, -0.25) is 5.10 Å². The number of nitrogens with one attached hydrogen (secondary N) is 2. The summed E-state index contributed by atoms with van der Waals surface area (Å²) in [6.45, 7) is 3.12. The molecule has 0 radical (unpaired) electrons. The smallest absolute Gasteiger partial charge is 0.230 e. The number of nitrogens with zero attached hydrogens (tertiary/aromatic N) is 4. The summed E-state index contributed by atoms with van der Waals surface area (Å²) < 4.78 is 0. The van der Waals surface area contributed by atoms with Gasteiger partial charge in [0.2, 0.25) is 5.95 Å². The van der Waals surface area contributed by atoms with E-state index in [4.69, 9.17) is 4.98 Å². The molecule has 0 spiro atoms. The molecule has 0 unspecified atom stereocenters. The zero-order valence-corrected chi connectivity index (χ0v) is 14.9. The predicted molar refractivity (Wildman–Crippen MR) is 102 cm³/mol. The Morgan fingerprint density at radius 1 is 1.19 bits per heavy atom. The maximum Gasteiger partial charge on any atom is 0.230 e. The van der Waals surface area contributed by atoms with Gasteiger partial charge in [0.1, 0.15) is 5.82 Å². The zero-order valence-electron chi connectivity index (χ0n) is 14.9. The van der Waals surface area contributed by atoms with Crippen LogP contribution in [0.4, 0.5) is 23.3 Å². The number of aryl methyl sites for hydroxylation is 2. The van der Waals surface area contributed by atoms with Crippen LogP contribution in [0, 0.1) is 6.92 Å². The molecule has 2 aromatic heterocycles. The van der Waals surface area contributed by atoms with Crippen LogP contribution in [0.15, 0.2) is 36.5 Å². The Labute approximate surface area is 152 Å². The minimum atomic E-state index is 0.579. The maximum absolute atomic E-state index is 4.73. The summed E-state index contributed by atoms with van der Waals surface area (Å²) >= 11 is 0. The van der Waals surface area contributed by atoms with Crippen LogP contribution in [0.5, 0.6) is 0 Å². The average Bonchev–Trinajstić information content (AvgIpc) is 3.41. The van der Waals surface area contributed by atoms with Gasteiger partial charge in [0.15, 0.2) is 5.82 Å². The van der Waals surface area contributed by atoms with Gasteiger partial charge in [-0.2, -0.15) is 10.1 Å². The van der Waals surface area contributed by atoms with Gasteiger partial charge in [-0.15, -0.1) is 0 Å². The van der Waals surface area contributed by atoms with Gasteiger partial charge in [-0.05, 0) is 50.3 Å². The van der Waals surface area contributed by atoms with Gasteiger partial charge in [-0.25, -0.2) is 4.98 Å². The Morgan fingerprint density at radius 2 is 2.12 bits per heavy atom. The summed E-state index contributed by atoms with van der Waals surface area (Å²) in [4.78, 5) is 11.4. The molecule has 3 heterocycles. The highest BCUT2D eigenvalue weighted by molar-refractivity contribution is 5.66. The molecule has 0 atom stereocenters. The highest BCUT2D eigenvalue weighted by Crippen LogP contribution is 2.39. The van der Waals surface area contributed by atoms with Gasteiger partial charge in [-0.1, -0.05) is 17.7 Å². The fraction of sp³-hybridized carbons (Fsp3) is 0.350. The normalized spacial score (nSPS) is 16.4. The van der Waals surface area contributed by atoms with Crippen LogP contribution < -0.4 is 10.2 Å². The second kappa shape index (κ2) is 6.12. The van der Waals surface area contributed by atoms with E-state index in [9.17, 15) is 0 Å². The SMILES string of the molecule is Cc1ccc2c(c1)CCCN2c1ccnc(Nc2cc(C3CC3)[nH]n2)n1. The van der Waals surface area contributed by atoms with E-state index in [-0.39, 0.29) is 0 Å². The highest BCUT2D eigenvalue weighted by Gasteiger charge is 2.25. The third-order valence-corrected chi connectivity index (χ3v) is 5.13. The number of anilines is 4. The number of fused-ring (bicyclic) bond motifs is 1. The second-order valence-corrected chi connectivity index (χ2v) is 7.23. The molecule has 0 bridgehead atoms. The Morgan fingerprint density at radius 3 is 3.00 bits per heavy atom.